The fourth-order valence-electron chi connectivity index (χ4n) is 1.36. The van der Waals surface area contributed by atoms with Gasteiger partial charge in [-0.05, 0) is 18.3 Å². The molecule has 0 aromatic heterocycles. The average Bonchev–Trinajstić information content (AvgIpc) is 2.29. The Morgan fingerprint density at radius 1 is 1.16 bits per heavy atom. The molecule has 0 radical (unpaired) electrons. The summed E-state index contributed by atoms with van der Waals surface area (Å²) in [5.41, 5.74) is 0. The van der Waals surface area contributed by atoms with Crippen LogP contribution in [0, 0.1) is 11.8 Å². The molecule has 3 N–H and O–H groups in total. The van der Waals surface area contributed by atoms with Gasteiger partial charge in [-0.3, -0.25) is 4.79 Å². The van der Waals surface area contributed by atoms with Gasteiger partial charge < -0.3 is 20.5 Å². The molecular formula is C13H26N2O4. The van der Waals surface area contributed by atoms with E-state index >= 15 is 0 Å². The second-order valence-electron chi connectivity index (χ2n) is 5.13. The van der Waals surface area contributed by atoms with E-state index in [0.717, 1.165) is 6.42 Å². The summed E-state index contributed by atoms with van der Waals surface area (Å²) in [4.78, 5) is 21.8. The standard InChI is InChI=1S/C13H26N2O4/c1-10(2)4-6-19-7-5-14-13(18)15-9-11(3)8-12(16)17/h10-11H,4-9H2,1-3H3,(H,16,17)(H2,14,15,18). The first-order valence-electron chi connectivity index (χ1n) is 6.73. The number of nitrogens with one attached hydrogen (secondary N) is 2. The van der Waals surface area contributed by atoms with Crippen LogP contribution in [0.15, 0.2) is 0 Å². The lowest BCUT2D eigenvalue weighted by Crippen LogP contribution is -2.39. The van der Waals surface area contributed by atoms with Crippen LogP contribution < -0.4 is 10.6 Å². The first-order valence-corrected chi connectivity index (χ1v) is 6.73. The van der Waals surface area contributed by atoms with Gasteiger partial charge in [-0.15, -0.1) is 0 Å². The Morgan fingerprint density at radius 2 is 1.84 bits per heavy atom. The molecule has 0 aliphatic carbocycles. The van der Waals surface area contributed by atoms with Crippen molar-refractivity contribution in [3.05, 3.63) is 0 Å². The maximum Gasteiger partial charge on any atom is 0.314 e. The SMILES string of the molecule is CC(C)CCOCCNC(=O)NCC(C)CC(=O)O. The van der Waals surface area contributed by atoms with E-state index in [1.807, 2.05) is 0 Å². The zero-order chi connectivity index (χ0) is 14.7. The maximum absolute atomic E-state index is 11.3. The van der Waals surface area contributed by atoms with E-state index < -0.39 is 5.97 Å². The number of hydrogen-bond donors (Lipinski definition) is 3. The second kappa shape index (κ2) is 10.6. The van der Waals surface area contributed by atoms with Gasteiger partial charge in [0.25, 0.3) is 0 Å². The molecule has 0 aliphatic rings. The molecule has 112 valence electrons. The largest absolute Gasteiger partial charge is 0.481 e. The van der Waals surface area contributed by atoms with Gasteiger partial charge in [0, 0.05) is 26.1 Å². The Hall–Kier alpha value is -1.30. The zero-order valence-electron chi connectivity index (χ0n) is 12.1. The minimum Gasteiger partial charge on any atom is -0.481 e. The van der Waals surface area contributed by atoms with Crippen molar-refractivity contribution in [3.8, 4) is 0 Å². The number of rotatable bonds is 10. The van der Waals surface area contributed by atoms with Crippen LogP contribution in [0.25, 0.3) is 0 Å². The molecule has 0 spiro atoms. The molecule has 1 atom stereocenters. The molecular weight excluding hydrogens is 248 g/mol. The molecule has 6 nitrogen and oxygen atoms in total. The van der Waals surface area contributed by atoms with Gasteiger partial charge in [-0.1, -0.05) is 20.8 Å². The molecule has 0 saturated carbocycles. The van der Waals surface area contributed by atoms with E-state index in [4.69, 9.17) is 9.84 Å². The number of carbonyl (C=O) groups is 2. The van der Waals surface area contributed by atoms with Crippen LogP contribution in [-0.4, -0.2) is 43.4 Å². The zero-order valence-corrected chi connectivity index (χ0v) is 12.1. The van der Waals surface area contributed by atoms with Crippen LogP contribution >= 0.6 is 0 Å². The van der Waals surface area contributed by atoms with Crippen LogP contribution in [0.2, 0.25) is 0 Å². The Kier molecular flexibility index (Phi) is 9.88. The Morgan fingerprint density at radius 3 is 2.42 bits per heavy atom. The summed E-state index contributed by atoms with van der Waals surface area (Å²) < 4.78 is 5.35. The third-order valence-corrected chi connectivity index (χ3v) is 2.51. The number of carboxylic acids is 1. The van der Waals surface area contributed by atoms with Crippen LogP contribution in [-0.2, 0) is 9.53 Å². The number of carboxylic acid groups (broad SMARTS) is 1. The van der Waals surface area contributed by atoms with Gasteiger partial charge in [0.1, 0.15) is 0 Å². The highest BCUT2D eigenvalue weighted by Crippen LogP contribution is 1.99. The van der Waals surface area contributed by atoms with Crippen molar-refractivity contribution in [2.24, 2.45) is 11.8 Å². The highest BCUT2D eigenvalue weighted by molar-refractivity contribution is 5.73. The Labute approximate surface area is 114 Å². The predicted molar refractivity (Wildman–Crippen MR) is 73.1 cm³/mol. The van der Waals surface area contributed by atoms with E-state index in [9.17, 15) is 9.59 Å². The van der Waals surface area contributed by atoms with Gasteiger partial charge in [0.2, 0.25) is 0 Å². The number of aliphatic carboxylic acids is 1. The van der Waals surface area contributed by atoms with Crippen molar-refractivity contribution in [3.63, 3.8) is 0 Å². The molecule has 1 unspecified atom stereocenters. The van der Waals surface area contributed by atoms with Crippen LogP contribution in [0.3, 0.4) is 0 Å². The summed E-state index contributed by atoms with van der Waals surface area (Å²) in [6.45, 7) is 8.05. The second-order valence-corrected chi connectivity index (χ2v) is 5.13. The monoisotopic (exact) mass is 274 g/mol. The Balaban J connectivity index is 3.42. The minimum absolute atomic E-state index is 0.0542. The van der Waals surface area contributed by atoms with Gasteiger partial charge in [-0.2, -0.15) is 0 Å². The number of urea groups is 1. The van der Waals surface area contributed by atoms with Gasteiger partial charge in [0.05, 0.1) is 6.61 Å². The Bertz CT molecular complexity index is 269. The molecule has 0 rings (SSSR count). The smallest absolute Gasteiger partial charge is 0.314 e. The fraction of sp³-hybridized carbons (Fsp3) is 0.846. The summed E-state index contributed by atoms with van der Waals surface area (Å²) in [5.74, 6) is -0.314. The fourth-order valence-corrected chi connectivity index (χ4v) is 1.36. The number of amides is 2. The van der Waals surface area contributed by atoms with Crippen molar-refractivity contribution in [1.29, 1.82) is 0 Å². The summed E-state index contributed by atoms with van der Waals surface area (Å²) >= 11 is 0. The lowest BCUT2D eigenvalue weighted by molar-refractivity contribution is -0.137. The van der Waals surface area contributed by atoms with Crippen molar-refractivity contribution in [2.75, 3.05) is 26.3 Å². The van der Waals surface area contributed by atoms with Crippen LogP contribution in [0.5, 0.6) is 0 Å². The predicted octanol–water partition coefficient (Wildman–Crippen LogP) is 1.46. The van der Waals surface area contributed by atoms with E-state index in [2.05, 4.69) is 24.5 Å². The van der Waals surface area contributed by atoms with E-state index in [1.165, 1.54) is 0 Å². The van der Waals surface area contributed by atoms with Crippen molar-refractivity contribution < 1.29 is 19.4 Å². The van der Waals surface area contributed by atoms with E-state index in [1.54, 1.807) is 6.92 Å². The highest BCUT2D eigenvalue weighted by Gasteiger charge is 2.08. The molecule has 0 aliphatic heterocycles. The topological polar surface area (TPSA) is 87.7 Å². The first kappa shape index (κ1) is 17.7. The quantitative estimate of drug-likeness (QED) is 0.526. The number of carbonyl (C=O) groups excluding carboxylic acids is 1. The van der Waals surface area contributed by atoms with Crippen molar-refractivity contribution in [1.82, 2.24) is 10.6 Å². The van der Waals surface area contributed by atoms with E-state index in [0.29, 0.717) is 32.2 Å². The molecule has 0 aromatic rings. The van der Waals surface area contributed by atoms with Gasteiger partial charge in [-0.25, -0.2) is 4.79 Å². The summed E-state index contributed by atoms with van der Waals surface area (Å²) in [6, 6.07) is -0.287. The molecule has 0 fully saturated rings. The lowest BCUT2D eigenvalue weighted by atomic mass is 10.1. The summed E-state index contributed by atoms with van der Waals surface area (Å²) in [7, 11) is 0. The van der Waals surface area contributed by atoms with Gasteiger partial charge >= 0.3 is 12.0 Å². The third-order valence-electron chi connectivity index (χ3n) is 2.51. The molecule has 6 heteroatoms. The maximum atomic E-state index is 11.3. The molecule has 0 heterocycles. The number of hydrogen-bond acceptors (Lipinski definition) is 3. The van der Waals surface area contributed by atoms with E-state index in [-0.39, 0.29) is 18.4 Å². The molecule has 19 heavy (non-hydrogen) atoms. The van der Waals surface area contributed by atoms with Crippen molar-refractivity contribution >= 4 is 12.0 Å². The summed E-state index contributed by atoms with van der Waals surface area (Å²) in [5, 5.41) is 13.9. The van der Waals surface area contributed by atoms with Crippen LogP contribution in [0.4, 0.5) is 4.79 Å². The minimum atomic E-state index is -0.853. The molecule has 0 saturated heterocycles. The molecule has 0 bridgehead atoms. The van der Waals surface area contributed by atoms with Crippen LogP contribution in [0.1, 0.15) is 33.6 Å². The third kappa shape index (κ3) is 12.9. The highest BCUT2D eigenvalue weighted by atomic mass is 16.5. The lowest BCUT2D eigenvalue weighted by Gasteiger charge is -2.11. The van der Waals surface area contributed by atoms with Gasteiger partial charge in [0.15, 0.2) is 0 Å². The normalized spacial score (nSPS) is 12.2. The average molecular weight is 274 g/mol. The molecule has 0 aromatic carbocycles. The number of ether oxygens (including phenoxy) is 1. The first-order chi connectivity index (χ1) is 8.91. The molecule has 2 amide bonds. The summed E-state index contributed by atoms with van der Waals surface area (Å²) in [6.07, 6.45) is 1.07. The van der Waals surface area contributed by atoms with Crippen molar-refractivity contribution in [2.45, 2.75) is 33.6 Å².